The molecule has 0 heterocycles. The summed E-state index contributed by atoms with van der Waals surface area (Å²) in [6, 6.07) is 0. The zero-order valence-corrected chi connectivity index (χ0v) is 52.1. The molecule has 0 aromatic rings. The van der Waals surface area contributed by atoms with Crippen molar-refractivity contribution < 1.29 is 42.9 Å². The van der Waals surface area contributed by atoms with E-state index in [1.54, 1.807) is 0 Å². The van der Waals surface area contributed by atoms with Gasteiger partial charge in [-0.25, -0.2) is 0 Å². The molecule has 0 aliphatic heterocycles. The van der Waals surface area contributed by atoms with Crippen LogP contribution in [0.3, 0.4) is 0 Å². The fourth-order valence-electron chi connectivity index (χ4n) is 5.29. The van der Waals surface area contributed by atoms with Crippen LogP contribution in [-0.2, 0) is 0 Å². The second-order valence-corrected chi connectivity index (χ2v) is 29.2. The highest BCUT2D eigenvalue weighted by atomic mass is 127. The van der Waals surface area contributed by atoms with Gasteiger partial charge >= 0.3 is 0 Å². The van der Waals surface area contributed by atoms with Gasteiger partial charge in [-0.2, -0.15) is 0 Å². The third-order valence-electron chi connectivity index (χ3n) is 8.17. The van der Waals surface area contributed by atoms with Gasteiger partial charge in [-0.15, -0.1) is 0 Å². The maximum atomic E-state index is 2.33. The fourth-order valence-corrected chi connectivity index (χ4v) is 5.29. The zero-order chi connectivity index (χ0) is 36.3. The largest absolute Gasteiger partial charge is 1.00 e. The molecule has 0 aromatic carbocycles. The van der Waals surface area contributed by atoms with E-state index in [1.807, 2.05) is 0 Å². The number of hydrogen-bond acceptors (Lipinski definition) is 0. The Hall–Kier alpha value is 6.20. The Morgan fingerprint density at radius 2 is 0.375 bits per heavy atom. The molecule has 12 heteroatoms. The molecular formula is C36H72Br2I8N2. The van der Waals surface area contributed by atoms with Crippen molar-refractivity contribution in [3.05, 3.63) is 6.35 Å². The maximum Gasteiger partial charge on any atom is 0.0786 e. The molecule has 0 atom stereocenters. The van der Waals surface area contributed by atoms with E-state index in [0.717, 1.165) is 0 Å². The molecule has 0 saturated carbocycles. The standard InChI is InChI=1S/2C16H36N.2C2I4.2BrH/c2*1-5-9-13-17(14-10-6-2,15-11-7-3)16-12-8-4;2*3-1(4)2(5)6;;/h2*5-16H2,1-4H3;;;2*1H/q2*+1;;;;/p-2. The minimum atomic E-state index is 0. The molecule has 0 aliphatic rings. The van der Waals surface area contributed by atoms with Crippen LogP contribution >= 0.6 is 181 Å². The van der Waals surface area contributed by atoms with Crippen molar-refractivity contribution in [2.24, 2.45) is 0 Å². The van der Waals surface area contributed by atoms with Crippen LogP contribution in [-0.4, -0.2) is 61.3 Å². The van der Waals surface area contributed by atoms with E-state index in [2.05, 4.69) is 236 Å². The molecule has 0 rings (SSSR count). The van der Waals surface area contributed by atoms with Gasteiger partial charge in [0.2, 0.25) is 0 Å². The van der Waals surface area contributed by atoms with E-state index in [0.29, 0.717) is 0 Å². The summed E-state index contributed by atoms with van der Waals surface area (Å²) in [5, 5.41) is 0. The summed E-state index contributed by atoms with van der Waals surface area (Å²) in [7, 11) is 0. The number of rotatable bonds is 24. The number of halogens is 10. The van der Waals surface area contributed by atoms with Gasteiger partial charge in [0.25, 0.3) is 0 Å². The SMILES string of the molecule is CCCC[N+](CCCC)(CCCC)CCCC.CCCC[N+](CCCC)(CCCC)CCCC.IC(I)=C(I)I.IC(I)=C(I)I.[Br-].[Br-]. The number of unbranched alkanes of at least 4 members (excludes halogenated alkanes) is 8. The predicted molar refractivity (Wildman–Crippen MR) is 285 cm³/mol. The highest BCUT2D eigenvalue weighted by molar-refractivity contribution is 14.2. The Morgan fingerprint density at radius 3 is 0.438 bits per heavy atom. The van der Waals surface area contributed by atoms with Gasteiger partial charge in [0.1, 0.15) is 0 Å². The van der Waals surface area contributed by atoms with Crippen molar-refractivity contribution >= 4 is 181 Å². The third-order valence-corrected chi connectivity index (χ3v) is 20.7. The van der Waals surface area contributed by atoms with Crippen LogP contribution in [0.4, 0.5) is 0 Å². The summed E-state index contributed by atoms with van der Waals surface area (Å²) in [5.41, 5.74) is 0. The molecule has 0 radical (unpaired) electrons. The number of hydrogen-bond donors (Lipinski definition) is 0. The number of nitrogens with zero attached hydrogens (tertiary/aromatic N) is 2. The second-order valence-electron chi connectivity index (χ2n) is 12.3. The molecule has 48 heavy (non-hydrogen) atoms. The Labute approximate surface area is 432 Å². The molecule has 0 spiro atoms. The van der Waals surface area contributed by atoms with Crippen LogP contribution in [0.2, 0.25) is 0 Å². The van der Waals surface area contributed by atoms with Crippen molar-refractivity contribution in [1.29, 1.82) is 0 Å². The lowest BCUT2D eigenvalue weighted by Crippen LogP contribution is -3.00. The van der Waals surface area contributed by atoms with Crippen LogP contribution in [0, 0.1) is 0 Å². The molecule has 296 valence electrons. The average molecular weight is 1710 g/mol. The van der Waals surface area contributed by atoms with Crippen molar-refractivity contribution in [3.8, 4) is 0 Å². The fraction of sp³-hybridized carbons (Fsp3) is 0.889. The van der Waals surface area contributed by atoms with E-state index >= 15 is 0 Å². The van der Waals surface area contributed by atoms with Gasteiger partial charge in [-0.1, -0.05) is 107 Å². The minimum Gasteiger partial charge on any atom is -1.00 e. The Morgan fingerprint density at radius 1 is 0.271 bits per heavy atom. The smallest absolute Gasteiger partial charge is 0.0786 e. The van der Waals surface area contributed by atoms with Crippen molar-refractivity contribution in [2.75, 3.05) is 52.4 Å². The van der Waals surface area contributed by atoms with Crippen LogP contribution in [0.15, 0.2) is 6.35 Å². The first kappa shape index (κ1) is 66.0. The highest BCUT2D eigenvalue weighted by Crippen LogP contribution is 2.30. The van der Waals surface area contributed by atoms with Gasteiger partial charge in [0.15, 0.2) is 0 Å². The highest BCUT2D eigenvalue weighted by Gasteiger charge is 2.25. The third kappa shape index (κ3) is 46.6. The van der Waals surface area contributed by atoms with Crippen LogP contribution in [0.25, 0.3) is 0 Å². The van der Waals surface area contributed by atoms with Crippen LogP contribution < -0.4 is 34.0 Å². The van der Waals surface area contributed by atoms with Gasteiger partial charge < -0.3 is 42.9 Å². The monoisotopic (exact) mass is 1710 g/mol. The topological polar surface area (TPSA) is 0 Å². The zero-order valence-electron chi connectivity index (χ0n) is 31.6. The molecule has 0 saturated heterocycles. The second kappa shape index (κ2) is 49.3. The molecule has 2 nitrogen and oxygen atoms in total. The Balaban J connectivity index is -0.000000133. The lowest BCUT2D eigenvalue weighted by Gasteiger charge is -2.39. The summed E-state index contributed by atoms with van der Waals surface area (Å²) in [6.07, 6.45) is 22.1. The first-order valence-corrected chi connectivity index (χ1v) is 26.8. The van der Waals surface area contributed by atoms with E-state index in [9.17, 15) is 0 Å². The van der Waals surface area contributed by atoms with Crippen LogP contribution in [0.1, 0.15) is 158 Å². The van der Waals surface area contributed by atoms with Gasteiger partial charge in [0, 0.05) is 0 Å². The summed E-state index contributed by atoms with van der Waals surface area (Å²) in [4.78, 5) is 0. The molecule has 0 bridgehead atoms. The van der Waals surface area contributed by atoms with E-state index in [-0.39, 0.29) is 34.0 Å². The first-order valence-electron chi connectivity index (χ1n) is 18.2. The summed E-state index contributed by atoms with van der Waals surface area (Å²) < 4.78 is 8.20. The molecule has 0 amide bonds. The molecule has 0 aromatic heterocycles. The van der Waals surface area contributed by atoms with E-state index in [1.165, 1.54) is 170 Å². The molecular weight excluding hydrogens is 1640 g/mol. The van der Waals surface area contributed by atoms with Gasteiger partial charge in [0.05, 0.1) is 58.7 Å². The maximum absolute atomic E-state index is 2.33. The Kier molecular flexibility index (Phi) is 67.9. The van der Waals surface area contributed by atoms with Gasteiger partial charge in [-0.3, -0.25) is 0 Å². The quantitative estimate of drug-likeness (QED) is 0.0667. The lowest BCUT2D eigenvalue weighted by molar-refractivity contribution is -0.929. The molecule has 0 unspecified atom stereocenters. The molecule has 0 aliphatic carbocycles. The van der Waals surface area contributed by atoms with Crippen molar-refractivity contribution in [3.63, 3.8) is 0 Å². The Bertz CT molecular complexity index is 544. The van der Waals surface area contributed by atoms with Crippen molar-refractivity contribution in [2.45, 2.75) is 158 Å². The van der Waals surface area contributed by atoms with Gasteiger partial charge in [-0.05, 0) is 232 Å². The van der Waals surface area contributed by atoms with E-state index in [4.69, 9.17) is 0 Å². The summed E-state index contributed by atoms with van der Waals surface area (Å²) in [5.74, 6) is 0. The summed E-state index contributed by atoms with van der Waals surface area (Å²) in [6.45, 7) is 30.0. The first-order chi connectivity index (χ1) is 21.8. The van der Waals surface area contributed by atoms with Crippen LogP contribution in [0.5, 0.6) is 0 Å². The average Bonchev–Trinajstić information content (AvgIpc) is 3.04. The normalized spacial score (nSPS) is 10.5. The predicted octanol–water partition coefficient (Wildman–Crippen LogP) is 11.7. The van der Waals surface area contributed by atoms with Crippen molar-refractivity contribution in [1.82, 2.24) is 0 Å². The van der Waals surface area contributed by atoms with E-state index < -0.39 is 0 Å². The molecule has 0 N–H and O–H groups in total. The summed E-state index contributed by atoms with van der Waals surface area (Å²) >= 11 is 18.3. The minimum absolute atomic E-state index is 0. The lowest BCUT2D eigenvalue weighted by atomic mass is 10.1. The number of quaternary nitrogens is 2. The molecule has 0 fully saturated rings.